The van der Waals surface area contributed by atoms with E-state index in [2.05, 4.69) is 41.5 Å². The van der Waals surface area contributed by atoms with Crippen LogP contribution in [-0.4, -0.2) is 0 Å². The lowest BCUT2D eigenvalue weighted by Gasteiger charge is -2.66. The van der Waals surface area contributed by atoms with E-state index in [-0.39, 0.29) is 0 Å². The molecule has 0 spiro atoms. The van der Waals surface area contributed by atoms with E-state index in [1.54, 1.807) is 0 Å². The van der Waals surface area contributed by atoms with Crippen molar-refractivity contribution in [2.75, 3.05) is 0 Å². The van der Waals surface area contributed by atoms with E-state index < -0.39 is 0 Å². The Bertz CT molecular complexity index is 263. The topological polar surface area (TPSA) is 0 Å². The molecule has 0 heterocycles. The second kappa shape index (κ2) is 4.59. The van der Waals surface area contributed by atoms with E-state index in [9.17, 15) is 0 Å². The first-order chi connectivity index (χ1) is 7.96. The molecule has 0 aliphatic heterocycles. The Labute approximate surface area is 109 Å². The van der Waals surface area contributed by atoms with Crippen LogP contribution in [0.15, 0.2) is 0 Å². The average Bonchev–Trinajstić information content (AvgIpc) is 2.20. The van der Waals surface area contributed by atoms with E-state index in [4.69, 9.17) is 0 Å². The van der Waals surface area contributed by atoms with Gasteiger partial charge in [-0.1, -0.05) is 60.8 Å². The monoisotopic (exact) mass is 236 g/mol. The van der Waals surface area contributed by atoms with Gasteiger partial charge in [-0.25, -0.2) is 0 Å². The van der Waals surface area contributed by atoms with Crippen molar-refractivity contribution in [3.63, 3.8) is 0 Å². The zero-order valence-corrected chi connectivity index (χ0v) is 12.8. The summed E-state index contributed by atoms with van der Waals surface area (Å²) in [5.41, 5.74) is 0.665. The van der Waals surface area contributed by atoms with Crippen molar-refractivity contribution in [2.24, 2.45) is 40.9 Å². The minimum Gasteiger partial charge on any atom is -0.0648 e. The third-order valence-corrected chi connectivity index (χ3v) is 6.86. The van der Waals surface area contributed by atoms with Crippen molar-refractivity contribution in [1.29, 1.82) is 0 Å². The maximum atomic E-state index is 2.57. The molecule has 2 fully saturated rings. The molecule has 2 rings (SSSR count). The minimum atomic E-state index is 0.665. The molecule has 0 N–H and O–H groups in total. The van der Waals surface area contributed by atoms with Crippen LogP contribution in [0.2, 0.25) is 0 Å². The van der Waals surface area contributed by atoms with Crippen molar-refractivity contribution < 1.29 is 0 Å². The summed E-state index contributed by atoms with van der Waals surface area (Å²) in [6, 6.07) is 0. The van der Waals surface area contributed by atoms with Crippen LogP contribution < -0.4 is 0 Å². The van der Waals surface area contributed by atoms with Gasteiger partial charge in [-0.15, -0.1) is 0 Å². The lowest BCUT2D eigenvalue weighted by atomic mass is 9.38. The summed E-state index contributed by atoms with van der Waals surface area (Å²) in [7, 11) is 0. The van der Waals surface area contributed by atoms with Gasteiger partial charge in [0, 0.05) is 0 Å². The Morgan fingerprint density at radius 2 is 1.71 bits per heavy atom. The molecule has 0 heteroatoms. The van der Waals surface area contributed by atoms with Crippen LogP contribution in [0.5, 0.6) is 0 Å². The predicted molar refractivity (Wildman–Crippen MR) is 75.9 cm³/mol. The average molecular weight is 236 g/mol. The fraction of sp³-hybridized carbons (Fsp3) is 1.00. The van der Waals surface area contributed by atoms with Crippen LogP contribution in [0.1, 0.15) is 67.2 Å². The zero-order chi connectivity index (χ0) is 12.8. The van der Waals surface area contributed by atoms with Crippen molar-refractivity contribution in [1.82, 2.24) is 0 Å². The molecule has 0 aromatic carbocycles. The Balaban J connectivity index is 2.22. The van der Waals surface area contributed by atoms with E-state index in [1.807, 2.05) is 0 Å². The minimum absolute atomic E-state index is 0.665. The maximum absolute atomic E-state index is 2.57. The normalized spacial score (nSPS) is 44.3. The van der Waals surface area contributed by atoms with Gasteiger partial charge in [-0.05, 0) is 47.3 Å². The third-order valence-electron chi connectivity index (χ3n) is 6.86. The summed E-state index contributed by atoms with van der Waals surface area (Å²) in [5, 5.41) is 0. The summed E-state index contributed by atoms with van der Waals surface area (Å²) >= 11 is 0. The van der Waals surface area contributed by atoms with Gasteiger partial charge in [0.1, 0.15) is 0 Å². The summed E-state index contributed by atoms with van der Waals surface area (Å²) in [6.45, 7) is 15.0. The summed E-state index contributed by atoms with van der Waals surface area (Å²) in [6.07, 6.45) is 5.91. The van der Waals surface area contributed by atoms with E-state index in [0.29, 0.717) is 5.41 Å². The number of hydrogen-bond acceptors (Lipinski definition) is 0. The lowest BCUT2D eigenvalue weighted by Crippen LogP contribution is -2.61. The van der Waals surface area contributed by atoms with Crippen molar-refractivity contribution >= 4 is 0 Å². The van der Waals surface area contributed by atoms with Crippen LogP contribution in [0.25, 0.3) is 0 Å². The fourth-order valence-electron chi connectivity index (χ4n) is 5.68. The number of rotatable bonds is 4. The molecule has 5 atom stereocenters. The maximum Gasteiger partial charge on any atom is -0.0210 e. The zero-order valence-electron chi connectivity index (χ0n) is 12.8. The van der Waals surface area contributed by atoms with Gasteiger partial charge in [-0.3, -0.25) is 0 Å². The van der Waals surface area contributed by atoms with Gasteiger partial charge in [0.05, 0.1) is 0 Å². The molecule has 17 heavy (non-hydrogen) atoms. The molecular formula is C17H32. The first kappa shape index (κ1) is 13.4. The highest BCUT2D eigenvalue weighted by molar-refractivity contribution is 5.08. The molecule has 0 amide bonds. The van der Waals surface area contributed by atoms with E-state index >= 15 is 0 Å². The highest BCUT2D eigenvalue weighted by Gasteiger charge is 2.60. The van der Waals surface area contributed by atoms with Gasteiger partial charge in [-0.2, -0.15) is 0 Å². The van der Waals surface area contributed by atoms with Crippen LogP contribution >= 0.6 is 0 Å². The Morgan fingerprint density at radius 1 is 1.12 bits per heavy atom. The molecule has 2 saturated carbocycles. The first-order valence-corrected chi connectivity index (χ1v) is 7.96. The Morgan fingerprint density at radius 3 is 2.06 bits per heavy atom. The van der Waals surface area contributed by atoms with E-state index in [0.717, 1.165) is 35.5 Å². The highest BCUT2D eigenvalue weighted by Crippen LogP contribution is 2.66. The molecule has 0 radical (unpaired) electrons. The molecule has 0 aromatic heterocycles. The number of hydrogen-bond donors (Lipinski definition) is 0. The first-order valence-electron chi connectivity index (χ1n) is 7.96. The highest BCUT2D eigenvalue weighted by atomic mass is 14.6. The Hall–Kier alpha value is 0. The second-order valence-corrected chi connectivity index (χ2v) is 7.36. The van der Waals surface area contributed by atoms with Crippen LogP contribution in [0.4, 0.5) is 0 Å². The Kier molecular flexibility index (Phi) is 3.63. The largest absolute Gasteiger partial charge is 0.0648 e. The fourth-order valence-corrected chi connectivity index (χ4v) is 5.68. The second-order valence-electron chi connectivity index (χ2n) is 7.36. The predicted octanol–water partition coefficient (Wildman–Crippen LogP) is 5.38. The quantitative estimate of drug-likeness (QED) is 0.615. The molecule has 5 unspecified atom stereocenters. The van der Waals surface area contributed by atoms with E-state index in [1.165, 1.54) is 25.7 Å². The van der Waals surface area contributed by atoms with Crippen LogP contribution in [0.3, 0.4) is 0 Å². The molecule has 100 valence electrons. The third kappa shape index (κ3) is 1.70. The standard InChI is InChI=1S/C17H32/c1-7-17(14(6)15-9-8-10-15)13(5)12(4)16(17)11(2)3/h11-16H,7-10H2,1-6H3. The van der Waals surface area contributed by atoms with Crippen molar-refractivity contribution in [2.45, 2.75) is 67.2 Å². The molecule has 2 aliphatic carbocycles. The van der Waals surface area contributed by atoms with Gasteiger partial charge in [0.15, 0.2) is 0 Å². The molecule has 0 aromatic rings. The van der Waals surface area contributed by atoms with Crippen LogP contribution in [0, 0.1) is 40.9 Å². The van der Waals surface area contributed by atoms with Gasteiger partial charge in [0.25, 0.3) is 0 Å². The lowest BCUT2D eigenvalue weighted by molar-refractivity contribution is -0.185. The summed E-state index contributed by atoms with van der Waals surface area (Å²) in [4.78, 5) is 0. The van der Waals surface area contributed by atoms with Crippen LogP contribution in [-0.2, 0) is 0 Å². The van der Waals surface area contributed by atoms with Gasteiger partial charge < -0.3 is 0 Å². The molecule has 0 bridgehead atoms. The van der Waals surface area contributed by atoms with Gasteiger partial charge in [0.2, 0.25) is 0 Å². The molecule has 0 saturated heterocycles. The molecule has 0 nitrogen and oxygen atoms in total. The molecular weight excluding hydrogens is 204 g/mol. The summed E-state index contributed by atoms with van der Waals surface area (Å²) < 4.78 is 0. The van der Waals surface area contributed by atoms with Crippen molar-refractivity contribution in [3.05, 3.63) is 0 Å². The van der Waals surface area contributed by atoms with Crippen molar-refractivity contribution in [3.8, 4) is 0 Å². The molecule has 2 aliphatic rings. The SMILES string of the molecule is CCC1(C(C)C2CCC2)C(C)C(C)C1C(C)C. The smallest absolute Gasteiger partial charge is 0.0210 e. The van der Waals surface area contributed by atoms with Gasteiger partial charge >= 0.3 is 0 Å². The summed E-state index contributed by atoms with van der Waals surface area (Å²) in [5.74, 6) is 5.72.